The van der Waals surface area contributed by atoms with E-state index >= 15 is 0 Å². The SMILES string of the molecule is COc1c(C)ccc(CO)c1C. The van der Waals surface area contributed by atoms with Gasteiger partial charge in [-0.2, -0.15) is 0 Å². The Hall–Kier alpha value is -1.02. The van der Waals surface area contributed by atoms with Crippen molar-refractivity contribution in [1.82, 2.24) is 0 Å². The summed E-state index contributed by atoms with van der Waals surface area (Å²) in [7, 11) is 1.65. The zero-order valence-electron chi connectivity index (χ0n) is 7.72. The molecule has 0 saturated carbocycles. The van der Waals surface area contributed by atoms with Crippen LogP contribution >= 0.6 is 0 Å². The molecule has 1 aromatic carbocycles. The molecular formula is C10H14O2. The van der Waals surface area contributed by atoms with Gasteiger partial charge >= 0.3 is 0 Å². The van der Waals surface area contributed by atoms with Crippen molar-refractivity contribution in [1.29, 1.82) is 0 Å². The van der Waals surface area contributed by atoms with Crippen LogP contribution in [0, 0.1) is 13.8 Å². The summed E-state index contributed by atoms with van der Waals surface area (Å²) in [4.78, 5) is 0. The van der Waals surface area contributed by atoms with Crippen molar-refractivity contribution in [2.24, 2.45) is 0 Å². The van der Waals surface area contributed by atoms with Gasteiger partial charge in [0.25, 0.3) is 0 Å². The van der Waals surface area contributed by atoms with Gasteiger partial charge in [0, 0.05) is 0 Å². The highest BCUT2D eigenvalue weighted by molar-refractivity contribution is 5.44. The van der Waals surface area contributed by atoms with Crippen LogP contribution in [0.5, 0.6) is 5.75 Å². The molecule has 0 fully saturated rings. The van der Waals surface area contributed by atoms with Gasteiger partial charge in [-0.25, -0.2) is 0 Å². The van der Waals surface area contributed by atoms with Gasteiger partial charge in [0.15, 0.2) is 0 Å². The monoisotopic (exact) mass is 166 g/mol. The summed E-state index contributed by atoms with van der Waals surface area (Å²) in [5, 5.41) is 8.97. The third-order valence-electron chi connectivity index (χ3n) is 2.09. The van der Waals surface area contributed by atoms with Gasteiger partial charge in [0.05, 0.1) is 13.7 Å². The van der Waals surface area contributed by atoms with Crippen LogP contribution < -0.4 is 4.74 Å². The van der Waals surface area contributed by atoms with Crippen LogP contribution in [-0.2, 0) is 6.61 Å². The number of hydrogen-bond acceptors (Lipinski definition) is 2. The molecule has 1 rings (SSSR count). The Labute approximate surface area is 72.8 Å². The summed E-state index contributed by atoms with van der Waals surface area (Å²) in [6.45, 7) is 4.02. The first kappa shape index (κ1) is 9.07. The molecule has 1 aromatic rings. The molecule has 0 spiro atoms. The fraction of sp³-hybridized carbons (Fsp3) is 0.400. The molecule has 66 valence electrons. The Kier molecular flexibility index (Phi) is 2.71. The number of rotatable bonds is 2. The Morgan fingerprint density at radius 2 is 2.00 bits per heavy atom. The van der Waals surface area contributed by atoms with E-state index < -0.39 is 0 Å². The lowest BCUT2D eigenvalue weighted by Crippen LogP contribution is -1.95. The molecule has 0 saturated heterocycles. The zero-order valence-corrected chi connectivity index (χ0v) is 7.72. The molecule has 0 heterocycles. The molecule has 2 heteroatoms. The number of benzene rings is 1. The van der Waals surface area contributed by atoms with Crippen molar-refractivity contribution in [3.63, 3.8) is 0 Å². The summed E-state index contributed by atoms with van der Waals surface area (Å²) in [6, 6.07) is 3.88. The fourth-order valence-corrected chi connectivity index (χ4v) is 1.35. The maximum absolute atomic E-state index is 8.97. The highest BCUT2D eigenvalue weighted by Gasteiger charge is 2.05. The number of methoxy groups -OCH3 is 1. The minimum atomic E-state index is 0.0719. The Morgan fingerprint density at radius 1 is 1.33 bits per heavy atom. The maximum Gasteiger partial charge on any atom is 0.125 e. The standard InChI is InChI=1S/C10H14O2/c1-7-4-5-9(6-11)8(2)10(7)12-3/h4-5,11H,6H2,1-3H3. The average molecular weight is 166 g/mol. The van der Waals surface area contributed by atoms with Crippen LogP contribution in [-0.4, -0.2) is 12.2 Å². The first-order valence-electron chi connectivity index (χ1n) is 3.94. The Bertz CT molecular complexity index is 279. The van der Waals surface area contributed by atoms with Crippen LogP contribution in [0.15, 0.2) is 12.1 Å². The second-order valence-electron chi connectivity index (χ2n) is 2.86. The highest BCUT2D eigenvalue weighted by atomic mass is 16.5. The number of aliphatic hydroxyl groups excluding tert-OH is 1. The highest BCUT2D eigenvalue weighted by Crippen LogP contribution is 2.25. The molecule has 0 aliphatic rings. The fourth-order valence-electron chi connectivity index (χ4n) is 1.35. The van der Waals surface area contributed by atoms with Crippen molar-refractivity contribution in [3.8, 4) is 5.75 Å². The molecule has 0 aliphatic heterocycles. The molecule has 0 aromatic heterocycles. The van der Waals surface area contributed by atoms with E-state index in [-0.39, 0.29) is 6.61 Å². The third kappa shape index (κ3) is 1.43. The summed E-state index contributed by atoms with van der Waals surface area (Å²) < 4.78 is 5.21. The van der Waals surface area contributed by atoms with E-state index in [1.165, 1.54) is 0 Å². The van der Waals surface area contributed by atoms with Gasteiger partial charge in [-0.3, -0.25) is 0 Å². The number of aryl methyl sites for hydroxylation is 1. The molecule has 12 heavy (non-hydrogen) atoms. The average Bonchev–Trinajstić information content (AvgIpc) is 2.06. The molecule has 0 atom stereocenters. The van der Waals surface area contributed by atoms with Crippen LogP contribution in [0.4, 0.5) is 0 Å². The summed E-state index contributed by atoms with van der Waals surface area (Å²) in [5.74, 6) is 0.876. The lowest BCUT2D eigenvalue weighted by atomic mass is 10.0. The molecule has 1 N–H and O–H groups in total. The van der Waals surface area contributed by atoms with Crippen molar-refractivity contribution >= 4 is 0 Å². The molecule has 0 amide bonds. The lowest BCUT2D eigenvalue weighted by molar-refractivity contribution is 0.280. The van der Waals surface area contributed by atoms with Gasteiger partial charge in [-0.05, 0) is 30.5 Å². The number of ether oxygens (including phenoxy) is 1. The Morgan fingerprint density at radius 3 is 2.50 bits per heavy atom. The van der Waals surface area contributed by atoms with Crippen molar-refractivity contribution in [2.45, 2.75) is 20.5 Å². The molecule has 0 aliphatic carbocycles. The molecule has 0 unspecified atom stereocenters. The Balaban J connectivity index is 3.24. The van der Waals surface area contributed by atoms with Crippen LogP contribution in [0.1, 0.15) is 16.7 Å². The van der Waals surface area contributed by atoms with Crippen molar-refractivity contribution in [3.05, 3.63) is 28.8 Å². The summed E-state index contributed by atoms with van der Waals surface area (Å²) in [5.41, 5.74) is 3.06. The van der Waals surface area contributed by atoms with E-state index in [0.717, 1.165) is 22.4 Å². The van der Waals surface area contributed by atoms with E-state index in [9.17, 15) is 0 Å². The molecule has 0 bridgehead atoms. The predicted octanol–water partition coefficient (Wildman–Crippen LogP) is 1.80. The first-order chi connectivity index (χ1) is 5.70. The smallest absolute Gasteiger partial charge is 0.125 e. The molecular weight excluding hydrogens is 152 g/mol. The van der Waals surface area contributed by atoms with Gasteiger partial charge in [0.1, 0.15) is 5.75 Å². The largest absolute Gasteiger partial charge is 0.496 e. The lowest BCUT2D eigenvalue weighted by Gasteiger charge is -2.11. The van der Waals surface area contributed by atoms with Crippen molar-refractivity contribution in [2.75, 3.05) is 7.11 Å². The second-order valence-corrected chi connectivity index (χ2v) is 2.86. The van der Waals surface area contributed by atoms with Crippen molar-refractivity contribution < 1.29 is 9.84 Å². The van der Waals surface area contributed by atoms with E-state index in [4.69, 9.17) is 9.84 Å². The van der Waals surface area contributed by atoms with E-state index in [0.29, 0.717) is 0 Å². The van der Waals surface area contributed by atoms with Crippen LogP contribution in [0.3, 0.4) is 0 Å². The minimum Gasteiger partial charge on any atom is -0.496 e. The minimum absolute atomic E-state index is 0.0719. The number of aliphatic hydroxyl groups is 1. The van der Waals surface area contributed by atoms with Gasteiger partial charge in [0.2, 0.25) is 0 Å². The van der Waals surface area contributed by atoms with E-state index in [1.807, 2.05) is 26.0 Å². The van der Waals surface area contributed by atoms with Gasteiger partial charge in [-0.15, -0.1) is 0 Å². The van der Waals surface area contributed by atoms with E-state index in [1.54, 1.807) is 7.11 Å². The third-order valence-corrected chi connectivity index (χ3v) is 2.09. The normalized spacial score (nSPS) is 10.0. The predicted molar refractivity (Wildman–Crippen MR) is 48.4 cm³/mol. The molecule has 2 nitrogen and oxygen atoms in total. The first-order valence-corrected chi connectivity index (χ1v) is 3.94. The summed E-state index contributed by atoms with van der Waals surface area (Å²) in [6.07, 6.45) is 0. The number of hydrogen-bond donors (Lipinski definition) is 1. The van der Waals surface area contributed by atoms with E-state index in [2.05, 4.69) is 0 Å². The van der Waals surface area contributed by atoms with Gasteiger partial charge < -0.3 is 9.84 Å². The van der Waals surface area contributed by atoms with Crippen LogP contribution in [0.25, 0.3) is 0 Å². The zero-order chi connectivity index (χ0) is 9.14. The topological polar surface area (TPSA) is 29.5 Å². The van der Waals surface area contributed by atoms with Crippen LogP contribution in [0.2, 0.25) is 0 Å². The second kappa shape index (κ2) is 3.59. The summed E-state index contributed by atoms with van der Waals surface area (Å²) >= 11 is 0. The van der Waals surface area contributed by atoms with Gasteiger partial charge in [-0.1, -0.05) is 12.1 Å². The molecule has 0 radical (unpaired) electrons. The quantitative estimate of drug-likeness (QED) is 0.726. The maximum atomic E-state index is 8.97.